The van der Waals surface area contributed by atoms with Gasteiger partial charge in [0.2, 0.25) is 0 Å². The summed E-state index contributed by atoms with van der Waals surface area (Å²) in [6, 6.07) is 0. The lowest BCUT2D eigenvalue weighted by atomic mass is 9.95. The number of carbonyl (C=O) groups excluding carboxylic acids is 1. The van der Waals surface area contributed by atoms with Crippen LogP contribution in [0, 0.1) is 5.41 Å². The molecule has 0 aromatic rings. The minimum Gasteiger partial charge on any atom is -0.323 e. The first-order valence-electron chi connectivity index (χ1n) is 2.72. The van der Waals surface area contributed by atoms with Gasteiger partial charge in [-0.05, 0) is 0 Å². The molecule has 3 fully saturated rings. The maximum absolute atomic E-state index is 10.9. The van der Waals surface area contributed by atoms with Crippen LogP contribution >= 0.6 is 7.14 Å². The van der Waals surface area contributed by atoms with Crippen molar-refractivity contribution in [1.82, 2.24) is 0 Å². The van der Waals surface area contributed by atoms with Crippen molar-refractivity contribution in [3.63, 3.8) is 0 Å². The lowest BCUT2D eigenvalue weighted by molar-refractivity contribution is -0.115. The van der Waals surface area contributed by atoms with E-state index in [1.165, 1.54) is 0 Å². The highest BCUT2D eigenvalue weighted by Crippen LogP contribution is 2.77. The molecule has 0 aliphatic carbocycles. The summed E-state index contributed by atoms with van der Waals surface area (Å²) in [5.41, 5.74) is -0.0739. The Balaban J connectivity index is 2.24. The Kier molecular flexibility index (Phi) is 0.564. The first kappa shape index (κ1) is 4.75. The van der Waals surface area contributed by atoms with Crippen molar-refractivity contribution in [2.24, 2.45) is 5.41 Å². The molecule has 0 spiro atoms. The SMILES string of the molecule is O=CC12CP(=O)(C1)C2. The van der Waals surface area contributed by atoms with E-state index in [9.17, 15) is 9.36 Å². The third-order valence-corrected chi connectivity index (χ3v) is 5.68. The zero-order valence-corrected chi connectivity index (χ0v) is 5.36. The summed E-state index contributed by atoms with van der Waals surface area (Å²) in [5.74, 6) is 0. The van der Waals surface area contributed by atoms with Crippen LogP contribution in [-0.2, 0) is 9.36 Å². The highest BCUT2D eigenvalue weighted by atomic mass is 31.2. The quantitative estimate of drug-likeness (QED) is 0.384. The Morgan fingerprint density at radius 3 is 2.00 bits per heavy atom. The minimum atomic E-state index is -1.64. The van der Waals surface area contributed by atoms with Crippen molar-refractivity contribution in [2.75, 3.05) is 18.5 Å². The van der Waals surface area contributed by atoms with E-state index < -0.39 is 7.14 Å². The Morgan fingerprint density at radius 1 is 1.38 bits per heavy atom. The van der Waals surface area contributed by atoms with Gasteiger partial charge in [0.1, 0.15) is 6.29 Å². The molecule has 0 unspecified atom stereocenters. The summed E-state index contributed by atoms with van der Waals surface area (Å²) >= 11 is 0. The van der Waals surface area contributed by atoms with E-state index in [0.717, 1.165) is 24.8 Å². The highest BCUT2D eigenvalue weighted by Gasteiger charge is 2.65. The summed E-state index contributed by atoms with van der Waals surface area (Å²) in [4.78, 5) is 10.2. The maximum atomic E-state index is 10.9. The molecular formula is C5H7O2P. The third-order valence-electron chi connectivity index (χ3n) is 2.06. The standard InChI is InChI=1S/C5H7O2P/c6-1-5-2-8(7,3-5)4-5/h1H,2-4H2. The molecule has 2 bridgehead atoms. The van der Waals surface area contributed by atoms with Crippen molar-refractivity contribution in [3.05, 3.63) is 0 Å². The Labute approximate surface area is 47.6 Å². The molecule has 0 radical (unpaired) electrons. The number of hydrogen-bond acceptors (Lipinski definition) is 2. The van der Waals surface area contributed by atoms with Crippen LogP contribution in [0.15, 0.2) is 0 Å². The number of aldehydes is 1. The number of rotatable bonds is 1. The molecule has 0 amide bonds. The van der Waals surface area contributed by atoms with E-state index in [4.69, 9.17) is 0 Å². The zero-order valence-electron chi connectivity index (χ0n) is 4.46. The normalized spacial score (nSPS) is 58.5. The Bertz CT molecular complexity index is 170. The largest absolute Gasteiger partial charge is 0.323 e. The summed E-state index contributed by atoms with van der Waals surface area (Å²) in [6.45, 7) is 0. The van der Waals surface area contributed by atoms with E-state index in [2.05, 4.69) is 0 Å². The molecule has 3 saturated heterocycles. The minimum absolute atomic E-state index is 0.0739. The molecule has 0 N–H and O–H groups in total. The molecule has 3 rings (SSSR count). The fourth-order valence-electron chi connectivity index (χ4n) is 1.69. The lowest BCUT2D eigenvalue weighted by Crippen LogP contribution is -2.57. The van der Waals surface area contributed by atoms with Crippen LogP contribution < -0.4 is 0 Å². The van der Waals surface area contributed by atoms with E-state index in [1.807, 2.05) is 0 Å². The summed E-state index contributed by atoms with van der Waals surface area (Å²) in [7, 11) is -1.64. The fraction of sp³-hybridized carbons (Fsp3) is 0.800. The van der Waals surface area contributed by atoms with Gasteiger partial charge in [-0.2, -0.15) is 0 Å². The molecule has 3 aliphatic rings. The number of hydrogen-bond donors (Lipinski definition) is 0. The van der Waals surface area contributed by atoms with Gasteiger partial charge in [0, 0.05) is 23.9 Å². The second-order valence-electron chi connectivity index (χ2n) is 3.01. The van der Waals surface area contributed by atoms with E-state index in [0.29, 0.717) is 0 Å². The van der Waals surface area contributed by atoms with Gasteiger partial charge >= 0.3 is 0 Å². The van der Waals surface area contributed by atoms with Gasteiger partial charge in [-0.25, -0.2) is 0 Å². The van der Waals surface area contributed by atoms with E-state index in [1.54, 1.807) is 0 Å². The van der Waals surface area contributed by atoms with Crippen LogP contribution in [0.25, 0.3) is 0 Å². The molecule has 0 aromatic carbocycles. The van der Waals surface area contributed by atoms with Gasteiger partial charge in [-0.1, -0.05) is 0 Å². The van der Waals surface area contributed by atoms with Gasteiger partial charge in [0.15, 0.2) is 0 Å². The molecule has 2 nitrogen and oxygen atoms in total. The van der Waals surface area contributed by atoms with E-state index >= 15 is 0 Å². The summed E-state index contributed by atoms with van der Waals surface area (Å²) < 4.78 is 10.9. The Hall–Kier alpha value is -0.100. The topological polar surface area (TPSA) is 34.1 Å². The van der Waals surface area contributed by atoms with Crippen LogP contribution in [0.1, 0.15) is 0 Å². The van der Waals surface area contributed by atoms with Gasteiger partial charge < -0.3 is 9.36 Å². The maximum Gasteiger partial charge on any atom is 0.127 e. The van der Waals surface area contributed by atoms with Crippen LogP contribution in [0.5, 0.6) is 0 Å². The van der Waals surface area contributed by atoms with Gasteiger partial charge in [-0.3, -0.25) is 0 Å². The van der Waals surface area contributed by atoms with Crippen LogP contribution in [0.4, 0.5) is 0 Å². The van der Waals surface area contributed by atoms with E-state index in [-0.39, 0.29) is 5.41 Å². The second kappa shape index (κ2) is 0.950. The van der Waals surface area contributed by atoms with Crippen molar-refractivity contribution in [1.29, 1.82) is 0 Å². The highest BCUT2D eigenvalue weighted by molar-refractivity contribution is 7.69. The smallest absolute Gasteiger partial charge is 0.127 e. The first-order chi connectivity index (χ1) is 3.68. The van der Waals surface area contributed by atoms with Crippen molar-refractivity contribution < 1.29 is 9.36 Å². The fourth-order valence-corrected chi connectivity index (χ4v) is 5.08. The van der Waals surface area contributed by atoms with Gasteiger partial charge in [-0.15, -0.1) is 0 Å². The first-order valence-corrected chi connectivity index (χ1v) is 4.98. The molecule has 44 valence electrons. The monoisotopic (exact) mass is 130 g/mol. The van der Waals surface area contributed by atoms with Crippen LogP contribution in [-0.4, -0.2) is 24.8 Å². The predicted molar refractivity (Wildman–Crippen MR) is 30.7 cm³/mol. The molecule has 3 heteroatoms. The Morgan fingerprint density at radius 2 is 1.88 bits per heavy atom. The van der Waals surface area contributed by atoms with Crippen molar-refractivity contribution >= 4 is 13.4 Å². The van der Waals surface area contributed by atoms with Crippen molar-refractivity contribution in [3.8, 4) is 0 Å². The van der Waals surface area contributed by atoms with Crippen molar-refractivity contribution in [2.45, 2.75) is 0 Å². The average Bonchev–Trinajstić information content (AvgIpc) is 1.55. The molecule has 3 heterocycles. The summed E-state index contributed by atoms with van der Waals surface area (Å²) in [6.07, 6.45) is 3.16. The van der Waals surface area contributed by atoms with Crippen LogP contribution in [0.2, 0.25) is 0 Å². The molecule has 0 aromatic heterocycles. The lowest BCUT2D eigenvalue weighted by Gasteiger charge is -2.57. The molecule has 8 heavy (non-hydrogen) atoms. The van der Waals surface area contributed by atoms with Gasteiger partial charge in [0.25, 0.3) is 0 Å². The molecule has 0 saturated carbocycles. The number of carbonyl (C=O) groups is 1. The summed E-state index contributed by atoms with van der Waals surface area (Å²) in [5, 5.41) is 0. The molecule has 3 aliphatic heterocycles. The third kappa shape index (κ3) is 0.324. The second-order valence-corrected chi connectivity index (χ2v) is 6.08. The van der Waals surface area contributed by atoms with Gasteiger partial charge in [0.05, 0.1) is 7.14 Å². The average molecular weight is 130 g/mol. The molecule has 0 atom stereocenters. The molecular weight excluding hydrogens is 123 g/mol. The van der Waals surface area contributed by atoms with Crippen LogP contribution in [0.3, 0.4) is 0 Å². The zero-order chi connectivity index (χ0) is 5.83. The predicted octanol–water partition coefficient (Wildman–Crippen LogP) is 0.562.